The van der Waals surface area contributed by atoms with Crippen molar-refractivity contribution >= 4 is 20.9 Å². The van der Waals surface area contributed by atoms with Crippen molar-refractivity contribution in [3.8, 4) is 0 Å². The molecule has 0 aliphatic carbocycles. The molecule has 0 aromatic heterocycles. The van der Waals surface area contributed by atoms with E-state index in [-0.39, 0.29) is 5.38 Å². The molecule has 68 valence electrons. The van der Waals surface area contributed by atoms with Gasteiger partial charge in [0.05, 0.1) is 0 Å². The molecule has 4 heteroatoms. The van der Waals surface area contributed by atoms with Crippen LogP contribution in [0.25, 0.3) is 0 Å². The second-order valence-electron chi connectivity index (χ2n) is 2.52. The fourth-order valence-electron chi connectivity index (χ4n) is 0.929. The zero-order valence-electron chi connectivity index (χ0n) is 7.47. The van der Waals surface area contributed by atoms with Gasteiger partial charge in [-0.1, -0.05) is 13.3 Å². The van der Waals surface area contributed by atoms with Crippen LogP contribution in [0.4, 0.5) is 0 Å². The Labute approximate surface area is 75.7 Å². The maximum absolute atomic E-state index is 6.01. The van der Waals surface area contributed by atoms with Crippen molar-refractivity contribution in [1.82, 2.24) is 0 Å². The van der Waals surface area contributed by atoms with Gasteiger partial charge < -0.3 is 8.85 Å². The van der Waals surface area contributed by atoms with Crippen LogP contribution in [0.15, 0.2) is 0 Å². The van der Waals surface area contributed by atoms with Gasteiger partial charge in [-0.15, -0.1) is 11.6 Å². The highest BCUT2D eigenvalue weighted by Gasteiger charge is 2.15. The molecular weight excluding hydrogens is 180 g/mol. The summed E-state index contributed by atoms with van der Waals surface area (Å²) in [6.45, 7) is 2.13. The Bertz CT molecular complexity index is 88.5. The van der Waals surface area contributed by atoms with Crippen molar-refractivity contribution in [2.24, 2.45) is 0 Å². The van der Waals surface area contributed by atoms with Crippen LogP contribution < -0.4 is 0 Å². The molecule has 2 nitrogen and oxygen atoms in total. The Morgan fingerprint density at radius 1 is 1.36 bits per heavy atom. The smallest absolute Gasteiger partial charge is 0.322 e. The molecule has 0 amide bonds. The van der Waals surface area contributed by atoms with Gasteiger partial charge in [0.1, 0.15) is 0 Å². The quantitative estimate of drug-likeness (QED) is 0.478. The Morgan fingerprint density at radius 3 is 2.27 bits per heavy atom. The predicted octanol–water partition coefficient (Wildman–Crippen LogP) is 1.91. The number of alkyl halides is 1. The van der Waals surface area contributed by atoms with Gasteiger partial charge in [-0.3, -0.25) is 0 Å². The summed E-state index contributed by atoms with van der Waals surface area (Å²) >= 11 is 6.01. The first kappa shape index (κ1) is 11.4. The molecular formula is C7H17ClO2Si. The molecule has 0 rings (SSSR count). The molecule has 0 fully saturated rings. The molecule has 0 N–H and O–H groups in total. The summed E-state index contributed by atoms with van der Waals surface area (Å²) in [5, 5.41) is 0.233. The molecule has 0 spiro atoms. The minimum absolute atomic E-state index is 0.233. The Kier molecular flexibility index (Phi) is 7.37. The Morgan fingerprint density at radius 2 is 1.91 bits per heavy atom. The monoisotopic (exact) mass is 196 g/mol. The van der Waals surface area contributed by atoms with Gasteiger partial charge >= 0.3 is 9.28 Å². The van der Waals surface area contributed by atoms with Crippen molar-refractivity contribution in [3.05, 3.63) is 0 Å². The second-order valence-corrected chi connectivity index (χ2v) is 5.41. The van der Waals surface area contributed by atoms with Gasteiger partial charge in [0.2, 0.25) is 0 Å². The number of rotatable bonds is 6. The summed E-state index contributed by atoms with van der Waals surface area (Å²) < 4.78 is 10.3. The lowest BCUT2D eigenvalue weighted by Crippen LogP contribution is -2.22. The minimum Gasteiger partial charge on any atom is -0.400 e. The van der Waals surface area contributed by atoms with Gasteiger partial charge in [-0.25, -0.2) is 0 Å². The minimum atomic E-state index is -1.41. The molecule has 0 radical (unpaired) electrons. The topological polar surface area (TPSA) is 18.5 Å². The van der Waals surface area contributed by atoms with Gasteiger partial charge in [0, 0.05) is 25.6 Å². The average molecular weight is 197 g/mol. The van der Waals surface area contributed by atoms with E-state index >= 15 is 0 Å². The van der Waals surface area contributed by atoms with E-state index in [0.717, 1.165) is 18.9 Å². The van der Waals surface area contributed by atoms with Gasteiger partial charge in [0.15, 0.2) is 0 Å². The number of hydrogen-bond donors (Lipinski definition) is 0. The normalized spacial score (nSPS) is 13.9. The molecule has 1 unspecified atom stereocenters. The van der Waals surface area contributed by atoms with E-state index < -0.39 is 9.28 Å². The molecule has 0 aromatic rings. The molecule has 0 bridgehead atoms. The van der Waals surface area contributed by atoms with Gasteiger partial charge in [-0.2, -0.15) is 0 Å². The van der Waals surface area contributed by atoms with Crippen molar-refractivity contribution in [2.45, 2.75) is 31.2 Å². The van der Waals surface area contributed by atoms with Crippen molar-refractivity contribution < 1.29 is 8.85 Å². The first-order valence-electron chi connectivity index (χ1n) is 3.94. The van der Waals surface area contributed by atoms with Crippen LogP contribution in [-0.4, -0.2) is 28.9 Å². The number of hydrogen-bond acceptors (Lipinski definition) is 2. The zero-order valence-corrected chi connectivity index (χ0v) is 9.38. The summed E-state index contributed by atoms with van der Waals surface area (Å²) in [6, 6.07) is 0.905. The Balaban J connectivity index is 3.44. The van der Waals surface area contributed by atoms with E-state index in [1.807, 2.05) is 0 Å². The van der Waals surface area contributed by atoms with Crippen LogP contribution in [-0.2, 0) is 8.85 Å². The second kappa shape index (κ2) is 7.10. The number of halogens is 1. The van der Waals surface area contributed by atoms with E-state index in [0.29, 0.717) is 0 Å². The summed E-state index contributed by atoms with van der Waals surface area (Å²) in [7, 11) is 1.97. The van der Waals surface area contributed by atoms with E-state index in [1.165, 1.54) is 0 Å². The van der Waals surface area contributed by atoms with Crippen molar-refractivity contribution in [2.75, 3.05) is 14.2 Å². The summed E-state index contributed by atoms with van der Waals surface area (Å²) in [5.74, 6) is 0. The van der Waals surface area contributed by atoms with Crippen molar-refractivity contribution in [3.63, 3.8) is 0 Å². The third kappa shape index (κ3) is 5.67. The third-order valence-electron chi connectivity index (χ3n) is 1.58. The first-order chi connectivity index (χ1) is 5.24. The standard InChI is InChI=1S/C7H17ClO2Si/c1-4-5-7(8)6-11(9-2)10-3/h7,11H,4-6H2,1-3H3. The first-order valence-corrected chi connectivity index (χ1v) is 6.13. The maximum atomic E-state index is 6.01. The molecule has 1 atom stereocenters. The highest BCUT2D eigenvalue weighted by atomic mass is 35.5. The molecule has 11 heavy (non-hydrogen) atoms. The Hall–Kier alpha value is 0.427. The van der Waals surface area contributed by atoms with E-state index in [4.69, 9.17) is 20.5 Å². The molecule has 0 aromatic carbocycles. The SMILES string of the molecule is CCCC(Cl)C[SiH](OC)OC. The fraction of sp³-hybridized carbons (Fsp3) is 1.00. The third-order valence-corrected chi connectivity index (χ3v) is 4.28. The molecule has 0 heterocycles. The lowest BCUT2D eigenvalue weighted by atomic mass is 10.3. The molecule has 0 aliphatic rings. The lowest BCUT2D eigenvalue weighted by Gasteiger charge is -2.13. The van der Waals surface area contributed by atoms with Crippen LogP contribution in [0, 0.1) is 0 Å². The van der Waals surface area contributed by atoms with E-state index in [2.05, 4.69) is 6.92 Å². The zero-order chi connectivity index (χ0) is 8.69. The van der Waals surface area contributed by atoms with Crippen LogP contribution in [0.3, 0.4) is 0 Å². The average Bonchev–Trinajstić information content (AvgIpc) is 2.01. The highest BCUT2D eigenvalue weighted by Crippen LogP contribution is 2.13. The van der Waals surface area contributed by atoms with E-state index in [9.17, 15) is 0 Å². The molecule has 0 saturated carbocycles. The summed E-state index contributed by atoms with van der Waals surface area (Å²) in [6.07, 6.45) is 2.18. The van der Waals surface area contributed by atoms with Crippen LogP contribution in [0.1, 0.15) is 19.8 Å². The van der Waals surface area contributed by atoms with Crippen LogP contribution in [0.2, 0.25) is 6.04 Å². The van der Waals surface area contributed by atoms with Gasteiger partial charge in [0.25, 0.3) is 0 Å². The van der Waals surface area contributed by atoms with Crippen LogP contribution >= 0.6 is 11.6 Å². The summed E-state index contributed by atoms with van der Waals surface area (Å²) in [4.78, 5) is 0. The predicted molar refractivity (Wildman–Crippen MR) is 50.5 cm³/mol. The summed E-state index contributed by atoms with van der Waals surface area (Å²) in [5.41, 5.74) is 0. The largest absolute Gasteiger partial charge is 0.400 e. The van der Waals surface area contributed by atoms with Crippen molar-refractivity contribution in [1.29, 1.82) is 0 Å². The van der Waals surface area contributed by atoms with Gasteiger partial charge in [-0.05, 0) is 6.42 Å². The fourth-order valence-corrected chi connectivity index (χ4v) is 2.81. The maximum Gasteiger partial charge on any atom is 0.322 e. The van der Waals surface area contributed by atoms with E-state index in [1.54, 1.807) is 14.2 Å². The molecule has 0 aliphatic heterocycles. The molecule has 0 saturated heterocycles. The highest BCUT2D eigenvalue weighted by molar-refractivity contribution is 6.46. The van der Waals surface area contributed by atoms with Crippen LogP contribution in [0.5, 0.6) is 0 Å². The lowest BCUT2D eigenvalue weighted by molar-refractivity contribution is 0.276.